The van der Waals surface area contributed by atoms with E-state index in [1.165, 1.54) is 16.8 Å². The quantitative estimate of drug-likeness (QED) is 0.793. The number of hydrogen-bond acceptors (Lipinski definition) is 3. The van der Waals surface area contributed by atoms with Crippen LogP contribution in [0.15, 0.2) is 54.6 Å². The van der Waals surface area contributed by atoms with E-state index in [4.69, 9.17) is 0 Å². The topological polar surface area (TPSA) is 47.6 Å². The van der Waals surface area contributed by atoms with Crippen LogP contribution in [0.1, 0.15) is 24.5 Å². The zero-order valence-corrected chi connectivity index (χ0v) is 17.3. The molecule has 0 radical (unpaired) electrons. The third kappa shape index (κ3) is 5.10. The molecule has 2 aromatic rings. The molecule has 29 heavy (non-hydrogen) atoms. The Balaban J connectivity index is 1.16. The number of hydrogen-bond donors (Lipinski definition) is 2. The lowest BCUT2D eigenvalue weighted by Crippen LogP contribution is -2.47. The van der Waals surface area contributed by atoms with Gasteiger partial charge in [-0.1, -0.05) is 42.5 Å². The minimum absolute atomic E-state index is 0.0487. The van der Waals surface area contributed by atoms with E-state index in [0.717, 1.165) is 45.6 Å². The molecule has 2 aliphatic rings. The van der Waals surface area contributed by atoms with Gasteiger partial charge in [0.05, 0.1) is 0 Å². The van der Waals surface area contributed by atoms with Crippen LogP contribution in [0.2, 0.25) is 0 Å². The molecule has 2 heterocycles. The molecular weight excluding hydrogens is 360 g/mol. The number of nitrogens with zero attached hydrogens (tertiary/aromatic N) is 2. The van der Waals surface area contributed by atoms with Gasteiger partial charge in [-0.25, -0.2) is 4.79 Å². The van der Waals surface area contributed by atoms with Crippen LogP contribution < -0.4 is 15.5 Å². The molecule has 1 fully saturated rings. The van der Waals surface area contributed by atoms with Gasteiger partial charge in [0.25, 0.3) is 0 Å². The highest BCUT2D eigenvalue weighted by Crippen LogP contribution is 2.23. The fourth-order valence-electron chi connectivity index (χ4n) is 4.44. The summed E-state index contributed by atoms with van der Waals surface area (Å²) in [5.74, 6) is 0.511. The zero-order chi connectivity index (χ0) is 20.1. The first-order valence-corrected chi connectivity index (χ1v) is 10.8. The Labute approximate surface area is 174 Å². The average Bonchev–Trinajstić information content (AvgIpc) is 3.25. The summed E-state index contributed by atoms with van der Waals surface area (Å²) in [6.45, 7) is 7.70. The molecule has 0 aliphatic carbocycles. The minimum Gasteiger partial charge on any atom is -0.371 e. The standard InChI is InChI=1S/C24H32N4O/c1-19(27-14-12-21-7-5-6-8-22(21)18-27)15-25-24(29)26-16-20-11-13-28(17-20)23-9-3-2-4-10-23/h2-10,19-20H,11-18H2,1H3,(H2,25,26,29)/t19-,20-/m1/s1. The molecule has 0 unspecified atom stereocenters. The van der Waals surface area contributed by atoms with Crippen LogP contribution in [-0.2, 0) is 13.0 Å². The number of fused-ring (bicyclic) bond motifs is 1. The first kappa shape index (κ1) is 19.8. The molecule has 0 spiro atoms. The number of urea groups is 1. The molecule has 5 nitrogen and oxygen atoms in total. The lowest BCUT2D eigenvalue weighted by molar-refractivity contribution is 0.184. The van der Waals surface area contributed by atoms with E-state index < -0.39 is 0 Å². The van der Waals surface area contributed by atoms with Crippen molar-refractivity contribution in [2.45, 2.75) is 32.4 Å². The smallest absolute Gasteiger partial charge is 0.314 e. The SMILES string of the molecule is C[C@H](CNC(=O)NC[C@H]1CCN(c2ccccc2)C1)N1CCc2ccccc2C1. The second-order valence-electron chi connectivity index (χ2n) is 8.37. The van der Waals surface area contributed by atoms with Crippen molar-refractivity contribution in [3.8, 4) is 0 Å². The predicted molar refractivity (Wildman–Crippen MR) is 118 cm³/mol. The van der Waals surface area contributed by atoms with E-state index in [9.17, 15) is 4.79 Å². The van der Waals surface area contributed by atoms with Crippen LogP contribution in [0, 0.1) is 5.92 Å². The Bertz CT molecular complexity index is 810. The van der Waals surface area contributed by atoms with Crippen LogP contribution in [0.3, 0.4) is 0 Å². The Morgan fingerprint density at radius 1 is 1.03 bits per heavy atom. The Kier molecular flexibility index (Phi) is 6.35. The molecule has 0 aromatic heterocycles. The van der Waals surface area contributed by atoms with Gasteiger partial charge in [0.15, 0.2) is 0 Å². The van der Waals surface area contributed by atoms with Crippen molar-refractivity contribution in [3.63, 3.8) is 0 Å². The highest BCUT2D eigenvalue weighted by molar-refractivity contribution is 5.73. The number of amides is 2. The summed E-state index contributed by atoms with van der Waals surface area (Å²) in [6, 6.07) is 19.5. The Hall–Kier alpha value is -2.53. The molecule has 2 amide bonds. The second-order valence-corrected chi connectivity index (χ2v) is 8.37. The Morgan fingerprint density at radius 2 is 1.79 bits per heavy atom. The van der Waals surface area contributed by atoms with Gasteiger partial charge in [0.2, 0.25) is 0 Å². The molecule has 4 rings (SSSR count). The molecule has 5 heteroatoms. The van der Waals surface area contributed by atoms with Crippen molar-refractivity contribution in [2.75, 3.05) is 37.6 Å². The summed E-state index contributed by atoms with van der Waals surface area (Å²) >= 11 is 0. The maximum Gasteiger partial charge on any atom is 0.314 e. The molecule has 2 atom stereocenters. The molecular formula is C24H32N4O. The van der Waals surface area contributed by atoms with E-state index in [1.807, 2.05) is 6.07 Å². The second kappa shape index (κ2) is 9.31. The molecule has 0 saturated carbocycles. The first-order chi connectivity index (χ1) is 14.2. The molecule has 2 N–H and O–H groups in total. The number of rotatable bonds is 6. The molecule has 1 saturated heterocycles. The summed E-state index contributed by atoms with van der Waals surface area (Å²) in [4.78, 5) is 17.1. The van der Waals surface area contributed by atoms with Crippen molar-refractivity contribution < 1.29 is 4.79 Å². The van der Waals surface area contributed by atoms with Crippen LogP contribution >= 0.6 is 0 Å². The van der Waals surface area contributed by atoms with E-state index in [1.54, 1.807) is 0 Å². The predicted octanol–water partition coefficient (Wildman–Crippen LogP) is 3.26. The van der Waals surface area contributed by atoms with Crippen LogP contribution in [0.25, 0.3) is 0 Å². The number of para-hydroxylation sites is 1. The number of anilines is 1. The zero-order valence-electron chi connectivity index (χ0n) is 17.3. The third-order valence-corrected chi connectivity index (χ3v) is 6.30. The van der Waals surface area contributed by atoms with Crippen molar-refractivity contribution >= 4 is 11.7 Å². The fraction of sp³-hybridized carbons (Fsp3) is 0.458. The largest absolute Gasteiger partial charge is 0.371 e. The van der Waals surface area contributed by atoms with Gasteiger partial charge in [-0.2, -0.15) is 0 Å². The highest BCUT2D eigenvalue weighted by Gasteiger charge is 2.24. The summed E-state index contributed by atoms with van der Waals surface area (Å²) in [6.07, 6.45) is 2.21. The van der Waals surface area contributed by atoms with E-state index in [-0.39, 0.29) is 6.03 Å². The average molecular weight is 393 g/mol. The van der Waals surface area contributed by atoms with Crippen molar-refractivity contribution in [1.29, 1.82) is 0 Å². The van der Waals surface area contributed by atoms with Crippen molar-refractivity contribution in [3.05, 3.63) is 65.7 Å². The summed E-state index contributed by atoms with van der Waals surface area (Å²) in [5, 5.41) is 6.14. The molecule has 0 bridgehead atoms. The van der Waals surface area contributed by atoms with Crippen molar-refractivity contribution in [1.82, 2.24) is 15.5 Å². The minimum atomic E-state index is -0.0487. The summed E-state index contributed by atoms with van der Waals surface area (Å²) in [5.41, 5.74) is 4.15. The monoisotopic (exact) mass is 392 g/mol. The molecule has 2 aliphatic heterocycles. The first-order valence-electron chi connectivity index (χ1n) is 10.8. The molecule has 154 valence electrons. The third-order valence-electron chi connectivity index (χ3n) is 6.30. The van der Waals surface area contributed by atoms with Crippen LogP contribution in [0.5, 0.6) is 0 Å². The number of carbonyl (C=O) groups is 1. The van der Waals surface area contributed by atoms with Gasteiger partial charge < -0.3 is 15.5 Å². The normalized spacial score (nSPS) is 20.2. The lowest BCUT2D eigenvalue weighted by Gasteiger charge is -2.33. The maximum absolute atomic E-state index is 12.3. The Morgan fingerprint density at radius 3 is 2.62 bits per heavy atom. The van der Waals surface area contributed by atoms with Gasteiger partial charge in [0, 0.05) is 51.0 Å². The van der Waals surface area contributed by atoms with Crippen molar-refractivity contribution in [2.24, 2.45) is 5.92 Å². The fourth-order valence-corrected chi connectivity index (χ4v) is 4.44. The van der Waals surface area contributed by atoms with E-state index in [2.05, 4.69) is 75.9 Å². The number of nitrogens with one attached hydrogen (secondary N) is 2. The van der Waals surface area contributed by atoms with Gasteiger partial charge in [-0.15, -0.1) is 0 Å². The van der Waals surface area contributed by atoms with Gasteiger partial charge >= 0.3 is 6.03 Å². The maximum atomic E-state index is 12.3. The lowest BCUT2D eigenvalue weighted by atomic mass is 9.99. The highest BCUT2D eigenvalue weighted by atomic mass is 16.2. The van der Waals surface area contributed by atoms with Gasteiger partial charge in [-0.3, -0.25) is 4.90 Å². The van der Waals surface area contributed by atoms with E-state index >= 15 is 0 Å². The van der Waals surface area contributed by atoms with Crippen LogP contribution in [0.4, 0.5) is 10.5 Å². The van der Waals surface area contributed by atoms with Gasteiger partial charge in [-0.05, 0) is 48.9 Å². The molecule has 2 aromatic carbocycles. The number of benzene rings is 2. The summed E-state index contributed by atoms with van der Waals surface area (Å²) < 4.78 is 0. The van der Waals surface area contributed by atoms with E-state index in [0.29, 0.717) is 18.5 Å². The summed E-state index contributed by atoms with van der Waals surface area (Å²) in [7, 11) is 0. The van der Waals surface area contributed by atoms with Crippen LogP contribution in [-0.4, -0.2) is 49.7 Å². The number of carbonyl (C=O) groups excluding carboxylic acids is 1. The van der Waals surface area contributed by atoms with Gasteiger partial charge in [0.1, 0.15) is 0 Å².